The van der Waals surface area contributed by atoms with Gasteiger partial charge in [-0.1, -0.05) is 23.2 Å². The normalized spacial score (nSPS) is 10.7. The molecule has 0 bridgehead atoms. The fraction of sp³-hybridized carbons (Fsp3) is 0. The van der Waals surface area contributed by atoms with Gasteiger partial charge in [0.05, 0.1) is 10.9 Å². The Bertz CT molecular complexity index is 473. The summed E-state index contributed by atoms with van der Waals surface area (Å²) in [5.41, 5.74) is 0.736. The lowest BCUT2D eigenvalue weighted by Gasteiger charge is -2.01. The van der Waals surface area contributed by atoms with Gasteiger partial charge in [-0.2, -0.15) is 0 Å². The molecule has 0 radical (unpaired) electrons. The molecule has 0 saturated carbocycles. The first-order chi connectivity index (χ1) is 6.18. The zero-order valence-corrected chi connectivity index (χ0v) is 9.36. The largest absolute Gasteiger partial charge is 0.256 e. The molecule has 0 N–H and O–H groups in total. The van der Waals surface area contributed by atoms with E-state index in [1.807, 2.05) is 6.07 Å². The van der Waals surface area contributed by atoms with Gasteiger partial charge in [-0.25, -0.2) is 4.98 Å². The van der Waals surface area contributed by atoms with Gasteiger partial charge in [0.2, 0.25) is 0 Å². The first-order valence-electron chi connectivity index (χ1n) is 3.45. The van der Waals surface area contributed by atoms with E-state index in [-0.39, 0.29) is 0 Å². The van der Waals surface area contributed by atoms with Crippen molar-refractivity contribution in [3.63, 3.8) is 0 Å². The molecule has 0 spiro atoms. The van der Waals surface area contributed by atoms with Crippen LogP contribution in [0.15, 0.2) is 22.8 Å². The predicted octanol–water partition coefficient (Wildman–Crippen LogP) is 3.70. The predicted molar refractivity (Wildman–Crippen MR) is 57.3 cm³/mol. The van der Waals surface area contributed by atoms with Crippen LogP contribution in [0.4, 0.5) is 0 Å². The highest BCUT2D eigenvalue weighted by Gasteiger charge is 2.06. The van der Waals surface area contributed by atoms with Crippen LogP contribution in [0.2, 0.25) is 10.3 Å². The molecule has 66 valence electrons. The molecule has 2 aromatic rings. The van der Waals surface area contributed by atoms with E-state index in [0.29, 0.717) is 10.3 Å². The summed E-state index contributed by atoms with van der Waals surface area (Å²) < 4.78 is 0.867. The standard InChI is InChI=1S/C8H3BrCl2N2/c9-4-1-2-12-5-3-6(10)13-8(11)7(4)5/h1-3H. The van der Waals surface area contributed by atoms with E-state index in [1.165, 1.54) is 0 Å². The Balaban J connectivity index is 2.94. The molecule has 2 aromatic heterocycles. The Morgan fingerprint density at radius 1 is 1.31 bits per heavy atom. The van der Waals surface area contributed by atoms with Gasteiger partial charge in [-0.05, 0) is 22.0 Å². The molecule has 2 heterocycles. The van der Waals surface area contributed by atoms with Crippen LogP contribution in [0, 0.1) is 0 Å². The van der Waals surface area contributed by atoms with Crippen molar-refractivity contribution in [3.8, 4) is 0 Å². The summed E-state index contributed by atoms with van der Waals surface area (Å²) in [6.07, 6.45) is 1.68. The molecule has 0 aliphatic carbocycles. The van der Waals surface area contributed by atoms with Crippen molar-refractivity contribution in [2.75, 3.05) is 0 Å². The summed E-state index contributed by atoms with van der Waals surface area (Å²) in [6.45, 7) is 0. The third-order valence-corrected chi connectivity index (χ3v) is 2.72. The van der Waals surface area contributed by atoms with Crippen LogP contribution in [0.5, 0.6) is 0 Å². The maximum absolute atomic E-state index is 5.90. The second kappa shape index (κ2) is 3.40. The van der Waals surface area contributed by atoms with Gasteiger partial charge in [0.15, 0.2) is 0 Å². The Kier molecular flexibility index (Phi) is 2.41. The van der Waals surface area contributed by atoms with Crippen molar-refractivity contribution in [1.29, 1.82) is 0 Å². The quantitative estimate of drug-likeness (QED) is 0.686. The fourth-order valence-corrected chi connectivity index (χ4v) is 2.21. The summed E-state index contributed by atoms with van der Waals surface area (Å²) in [6, 6.07) is 3.48. The highest BCUT2D eigenvalue weighted by molar-refractivity contribution is 9.10. The molecule has 0 unspecified atom stereocenters. The number of rotatable bonds is 0. The molecule has 2 rings (SSSR count). The SMILES string of the molecule is Clc1cc2nccc(Br)c2c(Cl)n1. The van der Waals surface area contributed by atoms with Gasteiger partial charge in [0.1, 0.15) is 10.3 Å². The van der Waals surface area contributed by atoms with Crippen LogP contribution in [0.3, 0.4) is 0 Å². The zero-order valence-electron chi connectivity index (χ0n) is 6.26. The minimum atomic E-state index is 0.350. The topological polar surface area (TPSA) is 25.8 Å². The van der Waals surface area contributed by atoms with Gasteiger partial charge in [-0.3, -0.25) is 4.98 Å². The molecule has 13 heavy (non-hydrogen) atoms. The van der Waals surface area contributed by atoms with Crippen molar-refractivity contribution in [2.24, 2.45) is 0 Å². The summed E-state index contributed by atoms with van der Waals surface area (Å²) >= 11 is 15.0. The average Bonchev–Trinajstić information content (AvgIpc) is 2.02. The maximum atomic E-state index is 5.90. The van der Waals surface area contributed by atoms with Crippen LogP contribution in [0.25, 0.3) is 10.9 Å². The Hall–Kier alpha value is -0.380. The van der Waals surface area contributed by atoms with E-state index < -0.39 is 0 Å². The molecule has 0 atom stereocenters. The van der Waals surface area contributed by atoms with Crippen molar-refractivity contribution in [2.45, 2.75) is 0 Å². The van der Waals surface area contributed by atoms with Gasteiger partial charge in [0.25, 0.3) is 0 Å². The number of nitrogens with zero attached hydrogens (tertiary/aromatic N) is 2. The van der Waals surface area contributed by atoms with Crippen molar-refractivity contribution < 1.29 is 0 Å². The monoisotopic (exact) mass is 276 g/mol. The second-order valence-electron chi connectivity index (χ2n) is 2.42. The Labute approximate surface area is 93.0 Å². The zero-order chi connectivity index (χ0) is 9.42. The van der Waals surface area contributed by atoms with Crippen molar-refractivity contribution in [3.05, 3.63) is 33.1 Å². The first-order valence-corrected chi connectivity index (χ1v) is 4.99. The molecule has 0 aliphatic heterocycles. The molecule has 5 heteroatoms. The molecule has 0 saturated heterocycles. The van der Waals surface area contributed by atoms with Gasteiger partial charge < -0.3 is 0 Å². The Morgan fingerprint density at radius 3 is 2.85 bits per heavy atom. The summed E-state index contributed by atoms with van der Waals surface area (Å²) in [7, 11) is 0. The highest BCUT2D eigenvalue weighted by atomic mass is 79.9. The van der Waals surface area contributed by atoms with E-state index in [0.717, 1.165) is 15.4 Å². The van der Waals surface area contributed by atoms with E-state index in [9.17, 15) is 0 Å². The first kappa shape index (κ1) is 9.19. The van der Waals surface area contributed by atoms with Crippen LogP contribution >= 0.6 is 39.1 Å². The Morgan fingerprint density at radius 2 is 2.08 bits per heavy atom. The van der Waals surface area contributed by atoms with E-state index in [1.54, 1.807) is 12.3 Å². The smallest absolute Gasteiger partial charge is 0.141 e. The number of halogens is 3. The molecule has 0 amide bonds. The summed E-state index contributed by atoms with van der Waals surface area (Å²) in [4.78, 5) is 8.05. The minimum absolute atomic E-state index is 0.350. The van der Waals surface area contributed by atoms with E-state index in [4.69, 9.17) is 23.2 Å². The van der Waals surface area contributed by atoms with Gasteiger partial charge in [0, 0.05) is 16.7 Å². The maximum Gasteiger partial charge on any atom is 0.141 e. The number of hydrogen-bond donors (Lipinski definition) is 0. The van der Waals surface area contributed by atoms with Crippen molar-refractivity contribution in [1.82, 2.24) is 9.97 Å². The fourth-order valence-electron chi connectivity index (χ4n) is 1.06. The van der Waals surface area contributed by atoms with Crippen LogP contribution in [0.1, 0.15) is 0 Å². The molecular formula is C8H3BrCl2N2. The lowest BCUT2D eigenvalue weighted by Crippen LogP contribution is -1.84. The molecular weight excluding hydrogens is 275 g/mol. The highest BCUT2D eigenvalue weighted by Crippen LogP contribution is 2.29. The summed E-state index contributed by atoms with van der Waals surface area (Å²) in [5.74, 6) is 0. The number of pyridine rings is 2. The van der Waals surface area contributed by atoms with Gasteiger partial charge >= 0.3 is 0 Å². The van der Waals surface area contributed by atoms with E-state index in [2.05, 4.69) is 25.9 Å². The molecule has 0 aliphatic rings. The number of fused-ring (bicyclic) bond motifs is 1. The van der Waals surface area contributed by atoms with Crippen LogP contribution in [-0.2, 0) is 0 Å². The number of aromatic nitrogens is 2. The molecule has 2 nitrogen and oxygen atoms in total. The molecule has 0 fully saturated rings. The second-order valence-corrected chi connectivity index (χ2v) is 4.02. The third-order valence-electron chi connectivity index (χ3n) is 1.60. The van der Waals surface area contributed by atoms with E-state index >= 15 is 0 Å². The van der Waals surface area contributed by atoms with Gasteiger partial charge in [-0.15, -0.1) is 0 Å². The van der Waals surface area contributed by atoms with Crippen molar-refractivity contribution >= 4 is 50.0 Å². The third kappa shape index (κ3) is 1.64. The number of hydrogen-bond acceptors (Lipinski definition) is 2. The van der Waals surface area contributed by atoms with Crippen LogP contribution in [-0.4, -0.2) is 9.97 Å². The minimum Gasteiger partial charge on any atom is -0.256 e. The average molecular weight is 278 g/mol. The lowest BCUT2D eigenvalue weighted by molar-refractivity contribution is 1.32. The molecule has 0 aromatic carbocycles. The lowest BCUT2D eigenvalue weighted by atomic mass is 10.3. The summed E-state index contributed by atoms with van der Waals surface area (Å²) in [5, 5.41) is 1.50. The van der Waals surface area contributed by atoms with Crippen LogP contribution < -0.4 is 0 Å².